The maximum absolute atomic E-state index is 5.84. The second-order valence-corrected chi connectivity index (χ2v) is 4.84. The van der Waals surface area contributed by atoms with E-state index in [0.717, 1.165) is 35.9 Å². The van der Waals surface area contributed by atoms with Crippen molar-refractivity contribution in [1.29, 1.82) is 0 Å². The monoisotopic (exact) mass is 275 g/mol. The molecule has 2 N–H and O–H groups in total. The van der Waals surface area contributed by atoms with Gasteiger partial charge in [-0.15, -0.1) is 0 Å². The molecular formula is C15H21N3O2. The van der Waals surface area contributed by atoms with Gasteiger partial charge in [0.05, 0.1) is 14.2 Å². The Balaban J connectivity index is 2.20. The quantitative estimate of drug-likeness (QED) is 0.873. The van der Waals surface area contributed by atoms with Gasteiger partial charge in [-0.05, 0) is 24.6 Å². The van der Waals surface area contributed by atoms with E-state index in [1.165, 1.54) is 0 Å². The summed E-state index contributed by atoms with van der Waals surface area (Å²) in [6.45, 7) is 2.72. The molecule has 1 atom stereocenters. The van der Waals surface area contributed by atoms with Crippen molar-refractivity contribution in [2.45, 2.75) is 25.9 Å². The lowest BCUT2D eigenvalue weighted by Gasteiger charge is -2.12. The zero-order valence-electron chi connectivity index (χ0n) is 12.2. The summed E-state index contributed by atoms with van der Waals surface area (Å²) >= 11 is 0. The molecule has 0 amide bonds. The van der Waals surface area contributed by atoms with E-state index in [4.69, 9.17) is 15.2 Å². The summed E-state index contributed by atoms with van der Waals surface area (Å²) in [5.41, 5.74) is 6.97. The van der Waals surface area contributed by atoms with Gasteiger partial charge in [0.25, 0.3) is 0 Å². The first-order chi connectivity index (χ1) is 9.63. The molecule has 0 saturated carbocycles. The van der Waals surface area contributed by atoms with Crippen LogP contribution in [-0.4, -0.2) is 29.8 Å². The summed E-state index contributed by atoms with van der Waals surface area (Å²) in [6.07, 6.45) is 4.53. The number of methoxy groups -OCH3 is 2. The van der Waals surface area contributed by atoms with Crippen LogP contribution >= 0.6 is 0 Å². The Hall–Kier alpha value is -2.01. The van der Waals surface area contributed by atoms with E-state index in [-0.39, 0.29) is 6.04 Å². The highest BCUT2D eigenvalue weighted by atomic mass is 16.5. The van der Waals surface area contributed by atoms with Crippen molar-refractivity contribution in [2.75, 3.05) is 14.2 Å². The first-order valence-corrected chi connectivity index (χ1v) is 6.60. The molecule has 5 nitrogen and oxygen atoms in total. The van der Waals surface area contributed by atoms with Crippen molar-refractivity contribution in [3.8, 4) is 11.5 Å². The third kappa shape index (κ3) is 3.30. The number of ether oxygens (including phenoxy) is 2. The molecule has 108 valence electrons. The number of hydrogen-bond acceptors (Lipinski definition) is 4. The Labute approximate surface area is 119 Å². The lowest BCUT2D eigenvalue weighted by atomic mass is 10.2. The number of aromatic nitrogens is 2. The Bertz CT molecular complexity index is 564. The van der Waals surface area contributed by atoms with Crippen molar-refractivity contribution < 1.29 is 9.47 Å². The van der Waals surface area contributed by atoms with Crippen LogP contribution in [0, 0.1) is 0 Å². The Morgan fingerprint density at radius 2 is 2.00 bits per heavy atom. The number of hydrogen-bond donors (Lipinski definition) is 1. The van der Waals surface area contributed by atoms with E-state index in [1.807, 2.05) is 31.3 Å². The van der Waals surface area contributed by atoms with Crippen LogP contribution < -0.4 is 15.2 Å². The van der Waals surface area contributed by atoms with Crippen LogP contribution in [0.4, 0.5) is 0 Å². The Kier molecular flexibility index (Phi) is 4.63. The number of nitrogens with zero attached hydrogens (tertiary/aromatic N) is 2. The highest BCUT2D eigenvalue weighted by molar-refractivity contribution is 5.43. The van der Waals surface area contributed by atoms with Gasteiger partial charge in [0, 0.05) is 31.4 Å². The molecule has 0 fully saturated rings. The number of rotatable bonds is 6. The fourth-order valence-corrected chi connectivity index (χ4v) is 2.14. The summed E-state index contributed by atoms with van der Waals surface area (Å²) in [7, 11) is 3.27. The van der Waals surface area contributed by atoms with Gasteiger partial charge >= 0.3 is 0 Å². The predicted octanol–water partition coefficient (Wildman–Crippen LogP) is 1.84. The van der Waals surface area contributed by atoms with Crippen LogP contribution in [0.15, 0.2) is 30.6 Å². The van der Waals surface area contributed by atoms with E-state index in [1.54, 1.807) is 20.4 Å². The van der Waals surface area contributed by atoms with Crippen LogP contribution in [0.5, 0.6) is 11.5 Å². The molecule has 0 radical (unpaired) electrons. The molecule has 2 aromatic rings. The van der Waals surface area contributed by atoms with Gasteiger partial charge in [-0.2, -0.15) is 0 Å². The molecule has 0 aliphatic carbocycles. The maximum atomic E-state index is 5.84. The summed E-state index contributed by atoms with van der Waals surface area (Å²) < 4.78 is 12.7. The molecule has 1 heterocycles. The molecular weight excluding hydrogens is 254 g/mol. The van der Waals surface area contributed by atoms with E-state index in [2.05, 4.69) is 9.55 Å². The molecule has 0 aliphatic heterocycles. The number of nitrogens with two attached hydrogens (primary N) is 1. The Morgan fingerprint density at radius 3 is 2.65 bits per heavy atom. The number of benzene rings is 1. The summed E-state index contributed by atoms with van der Waals surface area (Å²) in [5.74, 6) is 2.46. The highest BCUT2D eigenvalue weighted by Crippen LogP contribution is 2.27. The van der Waals surface area contributed by atoms with Crippen molar-refractivity contribution in [3.05, 3.63) is 42.0 Å². The Morgan fingerprint density at radius 1 is 1.25 bits per heavy atom. The lowest BCUT2D eigenvalue weighted by molar-refractivity contribution is 0.354. The van der Waals surface area contributed by atoms with Crippen molar-refractivity contribution in [1.82, 2.24) is 9.55 Å². The smallest absolute Gasteiger partial charge is 0.161 e. The minimum atomic E-state index is 0.0987. The molecule has 1 aromatic heterocycles. The summed E-state index contributed by atoms with van der Waals surface area (Å²) in [6, 6.07) is 6.02. The lowest BCUT2D eigenvalue weighted by Crippen LogP contribution is -2.20. The fraction of sp³-hybridized carbons (Fsp3) is 0.400. The average Bonchev–Trinajstić information content (AvgIpc) is 2.85. The van der Waals surface area contributed by atoms with Gasteiger partial charge in [0.2, 0.25) is 0 Å². The van der Waals surface area contributed by atoms with Crippen molar-refractivity contribution >= 4 is 0 Å². The minimum Gasteiger partial charge on any atom is -0.493 e. The molecule has 5 heteroatoms. The SMILES string of the molecule is COc1ccc(Cn2ccnc2CC(C)N)cc1OC. The molecule has 1 unspecified atom stereocenters. The first kappa shape index (κ1) is 14.4. The average molecular weight is 275 g/mol. The van der Waals surface area contributed by atoms with Gasteiger partial charge in [0.1, 0.15) is 5.82 Å². The third-order valence-corrected chi connectivity index (χ3v) is 3.11. The van der Waals surface area contributed by atoms with Crippen LogP contribution in [0.2, 0.25) is 0 Å². The zero-order valence-corrected chi connectivity index (χ0v) is 12.2. The molecule has 20 heavy (non-hydrogen) atoms. The summed E-state index contributed by atoms with van der Waals surface area (Å²) in [4.78, 5) is 4.36. The van der Waals surface area contributed by atoms with Gasteiger partial charge < -0.3 is 19.8 Å². The molecule has 0 saturated heterocycles. The van der Waals surface area contributed by atoms with E-state index in [9.17, 15) is 0 Å². The normalized spacial score (nSPS) is 12.2. The highest BCUT2D eigenvalue weighted by Gasteiger charge is 2.08. The topological polar surface area (TPSA) is 62.3 Å². The van der Waals surface area contributed by atoms with Crippen molar-refractivity contribution in [3.63, 3.8) is 0 Å². The summed E-state index contributed by atoms with van der Waals surface area (Å²) in [5, 5.41) is 0. The molecule has 0 aliphatic rings. The molecule has 2 rings (SSSR count). The van der Waals surface area contributed by atoms with Crippen LogP contribution in [0.3, 0.4) is 0 Å². The van der Waals surface area contributed by atoms with Crippen LogP contribution in [0.25, 0.3) is 0 Å². The van der Waals surface area contributed by atoms with Gasteiger partial charge in [-0.1, -0.05) is 6.07 Å². The van der Waals surface area contributed by atoms with Crippen LogP contribution in [-0.2, 0) is 13.0 Å². The predicted molar refractivity (Wildman–Crippen MR) is 78.2 cm³/mol. The first-order valence-electron chi connectivity index (χ1n) is 6.60. The fourth-order valence-electron chi connectivity index (χ4n) is 2.14. The van der Waals surface area contributed by atoms with E-state index >= 15 is 0 Å². The molecule has 1 aromatic carbocycles. The second kappa shape index (κ2) is 6.43. The minimum absolute atomic E-state index is 0.0987. The van der Waals surface area contributed by atoms with E-state index < -0.39 is 0 Å². The standard InChI is InChI=1S/C15H21N3O2/c1-11(16)8-15-17-6-7-18(15)10-12-4-5-13(19-2)14(9-12)20-3/h4-7,9,11H,8,10,16H2,1-3H3. The van der Waals surface area contributed by atoms with Gasteiger partial charge in [-0.3, -0.25) is 0 Å². The van der Waals surface area contributed by atoms with Gasteiger partial charge in [-0.25, -0.2) is 4.98 Å². The largest absolute Gasteiger partial charge is 0.493 e. The number of imidazole rings is 1. The zero-order chi connectivity index (χ0) is 14.5. The molecule has 0 bridgehead atoms. The van der Waals surface area contributed by atoms with Gasteiger partial charge in [0.15, 0.2) is 11.5 Å². The maximum Gasteiger partial charge on any atom is 0.161 e. The van der Waals surface area contributed by atoms with Crippen molar-refractivity contribution in [2.24, 2.45) is 5.73 Å². The molecule has 0 spiro atoms. The third-order valence-electron chi connectivity index (χ3n) is 3.11. The second-order valence-electron chi connectivity index (χ2n) is 4.84. The van der Waals surface area contributed by atoms with E-state index in [0.29, 0.717) is 0 Å². The van der Waals surface area contributed by atoms with Crippen LogP contribution in [0.1, 0.15) is 18.3 Å².